The molecule has 0 saturated carbocycles. The number of carbonyl (C=O) groups is 2. The van der Waals surface area contributed by atoms with Gasteiger partial charge in [-0.1, -0.05) is 35.8 Å². The van der Waals surface area contributed by atoms with Crippen molar-refractivity contribution < 1.29 is 22.8 Å². The van der Waals surface area contributed by atoms with Gasteiger partial charge in [0.25, 0.3) is 5.91 Å². The quantitative estimate of drug-likeness (QED) is 0.654. The Morgan fingerprint density at radius 2 is 1.75 bits per heavy atom. The van der Waals surface area contributed by atoms with Crippen LogP contribution in [0.4, 0.5) is 18.9 Å². The van der Waals surface area contributed by atoms with E-state index in [0.717, 1.165) is 12.1 Å². The molecule has 9 heteroatoms. The van der Waals surface area contributed by atoms with Gasteiger partial charge in [0.1, 0.15) is 0 Å². The molecule has 0 radical (unpaired) electrons. The first-order chi connectivity index (χ1) is 13.0. The van der Waals surface area contributed by atoms with Crippen molar-refractivity contribution in [2.45, 2.75) is 13.1 Å². The van der Waals surface area contributed by atoms with Crippen LogP contribution in [-0.4, -0.2) is 11.8 Å². The lowest BCUT2D eigenvalue weighted by atomic mass is 10.1. The molecule has 0 aliphatic heterocycles. The van der Waals surface area contributed by atoms with E-state index in [0.29, 0.717) is 0 Å². The zero-order valence-corrected chi connectivity index (χ0v) is 16.0. The van der Waals surface area contributed by atoms with Crippen LogP contribution in [0.3, 0.4) is 0 Å². The summed E-state index contributed by atoms with van der Waals surface area (Å²) in [5.41, 5.74) is -0.624. The van der Waals surface area contributed by atoms with E-state index < -0.39 is 29.5 Å². The molecule has 4 nitrogen and oxygen atoms in total. The number of alkyl halides is 3. The molecule has 0 heterocycles. The van der Waals surface area contributed by atoms with Crippen LogP contribution in [0.1, 0.15) is 22.8 Å². The number of nitrogens with one attached hydrogen (secondary N) is 2. The van der Waals surface area contributed by atoms with Crippen LogP contribution in [0.25, 0.3) is 0 Å². The number of benzene rings is 2. The van der Waals surface area contributed by atoms with E-state index >= 15 is 0 Å². The van der Waals surface area contributed by atoms with Crippen LogP contribution in [0, 0.1) is 5.92 Å². The molecule has 0 spiro atoms. The van der Waals surface area contributed by atoms with Crippen molar-refractivity contribution in [1.29, 1.82) is 0 Å². The summed E-state index contributed by atoms with van der Waals surface area (Å²) >= 11 is 11.7. The molecule has 0 unspecified atom stereocenters. The van der Waals surface area contributed by atoms with Gasteiger partial charge in [-0.25, -0.2) is 0 Å². The highest BCUT2D eigenvalue weighted by atomic mass is 35.5. The fraction of sp³-hybridized carbons (Fsp3) is 0.158. The summed E-state index contributed by atoms with van der Waals surface area (Å²) < 4.78 is 38.3. The molecule has 2 aromatic rings. The van der Waals surface area contributed by atoms with Crippen molar-refractivity contribution >= 4 is 40.7 Å². The Morgan fingerprint density at radius 3 is 2.36 bits per heavy atom. The molecule has 0 aliphatic carbocycles. The zero-order valence-electron chi connectivity index (χ0n) is 14.5. The smallest absolute Gasteiger partial charge is 0.326 e. The van der Waals surface area contributed by atoms with Gasteiger partial charge >= 0.3 is 6.18 Å². The summed E-state index contributed by atoms with van der Waals surface area (Å²) in [5.74, 6) is -2.08. The van der Waals surface area contributed by atoms with Crippen LogP contribution < -0.4 is 10.6 Å². The van der Waals surface area contributed by atoms with Crippen molar-refractivity contribution in [2.75, 3.05) is 5.32 Å². The minimum Gasteiger partial charge on any atom is -0.326 e. The van der Waals surface area contributed by atoms with Crippen molar-refractivity contribution in [3.63, 3.8) is 0 Å². The highest BCUT2D eigenvalue weighted by Crippen LogP contribution is 2.30. The first kappa shape index (κ1) is 21.8. The van der Waals surface area contributed by atoms with Crippen LogP contribution >= 0.6 is 23.2 Å². The molecule has 0 fully saturated rings. The molecule has 0 aliphatic rings. The summed E-state index contributed by atoms with van der Waals surface area (Å²) in [6.45, 7) is 5.11. The first-order valence-electron chi connectivity index (χ1n) is 7.92. The van der Waals surface area contributed by atoms with Gasteiger partial charge in [0, 0.05) is 16.9 Å². The van der Waals surface area contributed by atoms with Gasteiger partial charge in [0.15, 0.2) is 0 Å². The molecular weight excluding hydrogens is 416 g/mol. The molecule has 2 rings (SSSR count). The van der Waals surface area contributed by atoms with Gasteiger partial charge in [-0.05, 0) is 43.3 Å². The third kappa shape index (κ3) is 5.50. The number of carbonyl (C=O) groups excluding carboxylic acids is 2. The van der Waals surface area contributed by atoms with Crippen LogP contribution in [0.2, 0.25) is 10.0 Å². The Morgan fingerprint density at radius 1 is 1.07 bits per heavy atom. The predicted molar refractivity (Wildman–Crippen MR) is 102 cm³/mol. The maximum atomic E-state index is 12.8. The molecule has 2 amide bonds. The molecular formula is C19H15Cl2F3N2O2. The molecule has 0 aromatic heterocycles. The Bertz CT molecular complexity index is 930. The number of anilines is 1. The summed E-state index contributed by atoms with van der Waals surface area (Å²) in [7, 11) is 0. The number of amides is 2. The molecule has 0 saturated heterocycles. The fourth-order valence-corrected chi connectivity index (χ4v) is 2.44. The lowest BCUT2D eigenvalue weighted by molar-refractivity contribution is -0.137. The van der Waals surface area contributed by atoms with Gasteiger partial charge in [0.2, 0.25) is 5.91 Å². The highest BCUT2D eigenvalue weighted by Gasteiger charge is 2.30. The summed E-state index contributed by atoms with van der Waals surface area (Å²) in [6.07, 6.45) is -4.52. The van der Waals surface area contributed by atoms with E-state index in [-0.39, 0.29) is 27.0 Å². The van der Waals surface area contributed by atoms with Crippen LogP contribution in [0.15, 0.2) is 54.7 Å². The van der Waals surface area contributed by atoms with Gasteiger partial charge in [-0.3, -0.25) is 9.59 Å². The normalized spacial score (nSPS) is 12.2. The lowest BCUT2D eigenvalue weighted by Gasteiger charge is -2.17. The average molecular weight is 431 g/mol. The Hall–Kier alpha value is -2.51. The van der Waals surface area contributed by atoms with Crippen molar-refractivity contribution in [1.82, 2.24) is 5.32 Å². The molecule has 2 N–H and O–H groups in total. The fourth-order valence-electron chi connectivity index (χ4n) is 2.15. The zero-order chi connectivity index (χ0) is 21.1. The van der Waals surface area contributed by atoms with Crippen LogP contribution in [0.5, 0.6) is 0 Å². The van der Waals surface area contributed by atoms with Gasteiger partial charge in [-0.15, -0.1) is 0 Å². The number of hydrogen-bond donors (Lipinski definition) is 2. The Labute approximate surface area is 169 Å². The highest BCUT2D eigenvalue weighted by molar-refractivity contribution is 6.42. The van der Waals surface area contributed by atoms with E-state index in [1.165, 1.54) is 37.3 Å². The maximum Gasteiger partial charge on any atom is 0.416 e. The van der Waals surface area contributed by atoms with Crippen molar-refractivity contribution in [3.8, 4) is 0 Å². The van der Waals surface area contributed by atoms with E-state index in [4.69, 9.17) is 23.2 Å². The second-order valence-corrected chi connectivity index (χ2v) is 6.71. The molecule has 28 heavy (non-hydrogen) atoms. The van der Waals surface area contributed by atoms with Crippen LogP contribution in [-0.2, 0) is 11.0 Å². The van der Waals surface area contributed by atoms with Gasteiger partial charge in [0.05, 0.1) is 21.5 Å². The molecule has 1 atom stereocenters. The first-order valence-corrected chi connectivity index (χ1v) is 8.68. The minimum absolute atomic E-state index is 0.0183. The number of rotatable bonds is 5. The SMILES string of the molecule is C=C(NC(=O)c1ccc(Cl)c(Cl)c1)[C@H](C)C(=O)Nc1cccc(C(F)(F)F)c1. The Balaban J connectivity index is 2.03. The van der Waals surface area contributed by atoms with E-state index in [9.17, 15) is 22.8 Å². The summed E-state index contributed by atoms with van der Waals surface area (Å²) in [6, 6.07) is 8.49. The Kier molecular flexibility index (Phi) is 6.74. The molecule has 2 aromatic carbocycles. The number of hydrogen-bond acceptors (Lipinski definition) is 2. The maximum absolute atomic E-state index is 12.8. The predicted octanol–water partition coefficient (Wildman–Crippen LogP) is 5.53. The topological polar surface area (TPSA) is 58.2 Å². The summed E-state index contributed by atoms with van der Waals surface area (Å²) in [5, 5.41) is 5.32. The monoisotopic (exact) mass is 430 g/mol. The largest absolute Gasteiger partial charge is 0.416 e. The molecule has 148 valence electrons. The standard InChI is InChI=1S/C19H15Cl2F3N2O2/c1-10(11(2)25-18(28)12-6-7-15(20)16(21)8-12)17(27)26-14-5-3-4-13(9-14)19(22,23)24/h3-10H,2H2,1H3,(H,25,28)(H,26,27)/t10-/m0/s1. The molecule has 0 bridgehead atoms. The summed E-state index contributed by atoms with van der Waals surface area (Å²) in [4.78, 5) is 24.5. The van der Waals surface area contributed by atoms with Crippen molar-refractivity contribution in [3.05, 3.63) is 75.9 Å². The van der Waals surface area contributed by atoms with E-state index in [1.807, 2.05) is 0 Å². The third-order valence-electron chi connectivity index (χ3n) is 3.83. The van der Waals surface area contributed by atoms with Gasteiger partial charge in [-0.2, -0.15) is 13.2 Å². The average Bonchev–Trinajstić information content (AvgIpc) is 2.62. The number of halogens is 5. The third-order valence-corrected chi connectivity index (χ3v) is 4.57. The van der Waals surface area contributed by atoms with Gasteiger partial charge < -0.3 is 10.6 Å². The second-order valence-electron chi connectivity index (χ2n) is 5.90. The minimum atomic E-state index is -4.52. The van der Waals surface area contributed by atoms with E-state index in [1.54, 1.807) is 0 Å². The van der Waals surface area contributed by atoms with E-state index in [2.05, 4.69) is 17.2 Å². The second kappa shape index (κ2) is 8.67. The lowest BCUT2D eigenvalue weighted by Crippen LogP contribution is -2.31. The van der Waals surface area contributed by atoms with Crippen molar-refractivity contribution in [2.24, 2.45) is 5.92 Å².